The average Bonchev–Trinajstić information content (AvgIpc) is 2.92. The van der Waals surface area contributed by atoms with Crippen LogP contribution >= 0.6 is 0 Å². The SMILES string of the molecule is CCOC(=O)C(CC(F)(F)[C@]1(C)O[C@H](CC)[C@H](C)[C@H](OCc2ccccc2)[C@H]1OCc1ccccc1)[N+](=O)[O-]. The Morgan fingerprint density at radius 1 is 1.05 bits per heavy atom. The molecule has 39 heavy (non-hydrogen) atoms. The number of nitrogens with zero attached hydrogens (tertiary/aromatic N) is 1. The molecule has 0 spiro atoms. The van der Waals surface area contributed by atoms with Gasteiger partial charge in [-0.15, -0.1) is 0 Å². The van der Waals surface area contributed by atoms with Crippen molar-refractivity contribution in [1.29, 1.82) is 0 Å². The third-order valence-electron chi connectivity index (χ3n) is 7.29. The maximum atomic E-state index is 16.3. The summed E-state index contributed by atoms with van der Waals surface area (Å²) in [4.78, 5) is 22.8. The van der Waals surface area contributed by atoms with Crippen molar-refractivity contribution in [3.05, 3.63) is 81.9 Å². The van der Waals surface area contributed by atoms with Crippen molar-refractivity contribution >= 4 is 5.97 Å². The molecule has 1 heterocycles. The summed E-state index contributed by atoms with van der Waals surface area (Å²) in [6, 6.07) is 16.1. The first-order chi connectivity index (χ1) is 18.5. The second kappa shape index (κ2) is 13.4. The molecule has 0 saturated carbocycles. The Kier molecular flexibility index (Phi) is 10.5. The molecule has 0 bridgehead atoms. The molecule has 8 nitrogen and oxygen atoms in total. The fourth-order valence-electron chi connectivity index (χ4n) is 4.99. The smallest absolute Gasteiger partial charge is 0.381 e. The molecule has 214 valence electrons. The molecule has 6 atom stereocenters. The molecule has 0 aliphatic carbocycles. The number of hydrogen-bond acceptors (Lipinski definition) is 7. The van der Waals surface area contributed by atoms with E-state index in [-0.39, 0.29) is 25.7 Å². The van der Waals surface area contributed by atoms with Crippen molar-refractivity contribution in [2.75, 3.05) is 6.61 Å². The highest BCUT2D eigenvalue weighted by Crippen LogP contribution is 2.48. The first kappa shape index (κ1) is 30.6. The maximum absolute atomic E-state index is 16.3. The van der Waals surface area contributed by atoms with Crippen LogP contribution in [0.4, 0.5) is 8.78 Å². The second-order valence-electron chi connectivity index (χ2n) is 9.97. The van der Waals surface area contributed by atoms with Gasteiger partial charge in [-0.2, -0.15) is 0 Å². The zero-order valence-corrected chi connectivity index (χ0v) is 22.8. The fraction of sp³-hybridized carbons (Fsp3) is 0.552. The summed E-state index contributed by atoms with van der Waals surface area (Å²) in [6.45, 7) is 6.30. The van der Waals surface area contributed by atoms with E-state index in [1.165, 1.54) is 13.8 Å². The summed E-state index contributed by atoms with van der Waals surface area (Å²) in [5.41, 5.74) is -0.739. The van der Waals surface area contributed by atoms with Crippen LogP contribution in [-0.2, 0) is 37.0 Å². The lowest BCUT2D eigenvalue weighted by molar-refractivity contribution is -0.518. The Hall–Kier alpha value is -2.95. The lowest BCUT2D eigenvalue weighted by atomic mass is 9.76. The van der Waals surface area contributed by atoms with Crippen molar-refractivity contribution in [2.24, 2.45) is 5.92 Å². The predicted octanol–water partition coefficient (Wildman–Crippen LogP) is 5.59. The van der Waals surface area contributed by atoms with Gasteiger partial charge in [0.25, 0.3) is 5.92 Å². The van der Waals surface area contributed by atoms with Crippen molar-refractivity contribution < 1.29 is 37.4 Å². The second-order valence-corrected chi connectivity index (χ2v) is 9.97. The molecule has 2 aromatic rings. The molecule has 1 unspecified atom stereocenters. The molecule has 1 saturated heterocycles. The van der Waals surface area contributed by atoms with Crippen LogP contribution in [-0.4, -0.2) is 53.4 Å². The normalized spacial score (nSPS) is 26.1. The molecular formula is C29H37F2NO7. The number of halogens is 2. The Bertz CT molecular complexity index is 1070. The minimum absolute atomic E-state index is 0.00815. The zero-order chi connectivity index (χ0) is 28.6. The molecule has 10 heteroatoms. The number of carbonyl (C=O) groups excluding carboxylic acids is 1. The van der Waals surface area contributed by atoms with Crippen LogP contribution < -0.4 is 0 Å². The minimum Gasteiger partial charge on any atom is -0.461 e. The van der Waals surface area contributed by atoms with Crippen molar-refractivity contribution in [3.63, 3.8) is 0 Å². The molecule has 0 aromatic heterocycles. The quantitative estimate of drug-likeness (QED) is 0.182. The summed E-state index contributed by atoms with van der Waals surface area (Å²) in [5, 5.41) is 11.6. The van der Waals surface area contributed by atoms with E-state index in [1.54, 1.807) is 12.1 Å². The van der Waals surface area contributed by atoms with Crippen LogP contribution in [0.15, 0.2) is 60.7 Å². The molecule has 0 radical (unpaired) electrons. The van der Waals surface area contributed by atoms with Crippen molar-refractivity contribution in [1.82, 2.24) is 0 Å². The lowest BCUT2D eigenvalue weighted by Gasteiger charge is -2.53. The fourth-order valence-corrected chi connectivity index (χ4v) is 4.99. The minimum atomic E-state index is -3.86. The molecule has 0 amide bonds. The highest BCUT2D eigenvalue weighted by Gasteiger charge is 2.66. The molecule has 1 fully saturated rings. The third-order valence-corrected chi connectivity index (χ3v) is 7.29. The van der Waals surface area contributed by atoms with Gasteiger partial charge in [0.2, 0.25) is 0 Å². The first-order valence-corrected chi connectivity index (χ1v) is 13.2. The van der Waals surface area contributed by atoms with Gasteiger partial charge in [0.15, 0.2) is 5.60 Å². The number of hydrogen-bond donors (Lipinski definition) is 0. The number of esters is 1. The predicted molar refractivity (Wildman–Crippen MR) is 140 cm³/mol. The molecule has 0 N–H and O–H groups in total. The van der Waals surface area contributed by atoms with E-state index >= 15 is 8.78 Å². The van der Waals surface area contributed by atoms with E-state index in [2.05, 4.69) is 0 Å². The van der Waals surface area contributed by atoms with Crippen LogP contribution in [0.2, 0.25) is 0 Å². The number of rotatable bonds is 13. The number of ether oxygens (including phenoxy) is 4. The van der Waals surface area contributed by atoms with Gasteiger partial charge in [0, 0.05) is 10.8 Å². The number of nitro groups is 1. The Balaban J connectivity index is 2.00. The van der Waals surface area contributed by atoms with Crippen molar-refractivity contribution in [3.8, 4) is 0 Å². The van der Waals surface area contributed by atoms with E-state index in [0.29, 0.717) is 6.42 Å². The molecule has 1 aliphatic rings. The summed E-state index contributed by atoms with van der Waals surface area (Å²) in [6.07, 6.45) is -3.80. The Morgan fingerprint density at radius 2 is 1.59 bits per heavy atom. The number of benzene rings is 2. The topological polar surface area (TPSA) is 97.1 Å². The van der Waals surface area contributed by atoms with Gasteiger partial charge in [0.1, 0.15) is 6.10 Å². The van der Waals surface area contributed by atoms with Crippen LogP contribution in [0.3, 0.4) is 0 Å². The Labute approximate surface area is 227 Å². The van der Waals surface area contributed by atoms with Gasteiger partial charge in [0.05, 0.1) is 38.4 Å². The first-order valence-electron chi connectivity index (χ1n) is 13.2. The van der Waals surface area contributed by atoms with E-state index in [0.717, 1.165) is 11.1 Å². The van der Waals surface area contributed by atoms with Gasteiger partial charge >= 0.3 is 12.0 Å². The zero-order valence-electron chi connectivity index (χ0n) is 22.8. The monoisotopic (exact) mass is 549 g/mol. The van der Waals surface area contributed by atoms with E-state index in [4.69, 9.17) is 18.9 Å². The van der Waals surface area contributed by atoms with Gasteiger partial charge in [-0.05, 0) is 31.4 Å². The van der Waals surface area contributed by atoms with Crippen LogP contribution in [0, 0.1) is 16.0 Å². The van der Waals surface area contributed by atoms with Crippen LogP contribution in [0.5, 0.6) is 0 Å². The molecule has 1 aliphatic heterocycles. The Morgan fingerprint density at radius 3 is 2.08 bits per heavy atom. The van der Waals surface area contributed by atoms with Gasteiger partial charge in [-0.3, -0.25) is 10.1 Å². The van der Waals surface area contributed by atoms with E-state index < -0.39 is 53.2 Å². The van der Waals surface area contributed by atoms with Crippen molar-refractivity contribution in [2.45, 2.75) is 89.6 Å². The van der Waals surface area contributed by atoms with Gasteiger partial charge < -0.3 is 18.9 Å². The number of alkyl halides is 2. The van der Waals surface area contributed by atoms with Crippen LogP contribution in [0.1, 0.15) is 51.7 Å². The maximum Gasteiger partial charge on any atom is 0.381 e. The van der Waals surface area contributed by atoms with Gasteiger partial charge in [-0.25, -0.2) is 13.6 Å². The molecule has 3 rings (SSSR count). The summed E-state index contributed by atoms with van der Waals surface area (Å²) >= 11 is 0. The highest BCUT2D eigenvalue weighted by molar-refractivity contribution is 5.74. The van der Waals surface area contributed by atoms with E-state index in [9.17, 15) is 14.9 Å². The lowest BCUT2D eigenvalue weighted by Crippen LogP contribution is -2.69. The van der Waals surface area contributed by atoms with Gasteiger partial charge in [-0.1, -0.05) is 74.5 Å². The average molecular weight is 550 g/mol. The molecule has 2 aromatic carbocycles. The summed E-state index contributed by atoms with van der Waals surface area (Å²) < 4.78 is 55.8. The third kappa shape index (κ3) is 7.17. The summed E-state index contributed by atoms with van der Waals surface area (Å²) in [5.74, 6) is -5.51. The highest BCUT2D eigenvalue weighted by atomic mass is 19.3. The number of carbonyl (C=O) groups is 1. The molecular weight excluding hydrogens is 512 g/mol. The van der Waals surface area contributed by atoms with E-state index in [1.807, 2.05) is 62.4 Å². The van der Waals surface area contributed by atoms with Crippen LogP contribution in [0.25, 0.3) is 0 Å². The largest absolute Gasteiger partial charge is 0.461 e. The summed E-state index contributed by atoms with van der Waals surface area (Å²) in [7, 11) is 0. The standard InChI is InChI=1S/C29H37F2NO7/c1-5-24-20(3)25(37-18-21-13-9-7-10-14-21)26(38-19-22-15-11-8-12-16-22)28(4,39-24)29(30,31)17-23(32(34)35)27(33)36-6-2/h7-16,20,23-26H,5-6,17-19H2,1-4H3/t20-,23?,24+,25-,26+,28+/m0/s1.